The molecule has 1 N–H and O–H groups in total. The Bertz CT molecular complexity index is 226. The third-order valence-electron chi connectivity index (χ3n) is 3.30. The minimum Gasteiger partial charge on any atom is -0.393 e. The van der Waals surface area contributed by atoms with Crippen LogP contribution in [0, 0.1) is 5.41 Å². The molecule has 1 aliphatic carbocycles. The number of rotatable bonds is 1. The van der Waals surface area contributed by atoms with Crippen LogP contribution in [0.5, 0.6) is 0 Å². The fourth-order valence-corrected chi connectivity index (χ4v) is 3.50. The zero-order valence-corrected chi connectivity index (χ0v) is 8.85. The quantitative estimate of drug-likeness (QED) is 0.675. The summed E-state index contributed by atoms with van der Waals surface area (Å²) >= 11 is 0. The van der Waals surface area contributed by atoms with E-state index in [0.717, 1.165) is 32.4 Å². The fourth-order valence-electron chi connectivity index (χ4n) is 2.59. The van der Waals surface area contributed by atoms with E-state index in [9.17, 15) is 9.32 Å². The lowest BCUT2D eigenvalue weighted by molar-refractivity contribution is -0.0250. The van der Waals surface area contributed by atoms with E-state index in [-0.39, 0.29) is 6.10 Å². The van der Waals surface area contributed by atoms with Gasteiger partial charge in [-0.1, -0.05) is 6.42 Å². The van der Waals surface area contributed by atoms with Crippen molar-refractivity contribution in [2.45, 2.75) is 31.8 Å². The SMILES string of the molecule is CS(=O)N1CC2(CCCC(O)C2)C1. The fraction of sp³-hybridized carbons (Fsp3) is 1.00. The van der Waals surface area contributed by atoms with Gasteiger partial charge in [-0.2, -0.15) is 0 Å². The molecule has 13 heavy (non-hydrogen) atoms. The summed E-state index contributed by atoms with van der Waals surface area (Å²) in [5.74, 6) is 0. The largest absolute Gasteiger partial charge is 0.393 e. The van der Waals surface area contributed by atoms with Crippen LogP contribution in [0.1, 0.15) is 25.7 Å². The van der Waals surface area contributed by atoms with Gasteiger partial charge >= 0.3 is 0 Å². The first-order valence-corrected chi connectivity index (χ1v) is 6.39. The van der Waals surface area contributed by atoms with Gasteiger partial charge in [0.1, 0.15) is 0 Å². The molecule has 76 valence electrons. The van der Waals surface area contributed by atoms with Gasteiger partial charge in [0.15, 0.2) is 0 Å². The lowest BCUT2D eigenvalue weighted by Gasteiger charge is -2.52. The molecule has 2 unspecified atom stereocenters. The van der Waals surface area contributed by atoms with Crippen LogP contribution in [0.3, 0.4) is 0 Å². The van der Waals surface area contributed by atoms with Crippen molar-refractivity contribution in [3.63, 3.8) is 0 Å². The summed E-state index contributed by atoms with van der Waals surface area (Å²) in [6, 6.07) is 0. The minimum atomic E-state index is -0.811. The van der Waals surface area contributed by atoms with Crippen LogP contribution < -0.4 is 0 Å². The highest BCUT2D eigenvalue weighted by molar-refractivity contribution is 7.81. The van der Waals surface area contributed by atoms with E-state index >= 15 is 0 Å². The zero-order chi connectivity index (χ0) is 9.47. The van der Waals surface area contributed by atoms with Gasteiger partial charge in [0, 0.05) is 24.8 Å². The van der Waals surface area contributed by atoms with Crippen molar-refractivity contribution in [3.8, 4) is 0 Å². The van der Waals surface area contributed by atoms with E-state index in [1.807, 2.05) is 4.31 Å². The van der Waals surface area contributed by atoms with E-state index in [2.05, 4.69) is 0 Å². The average Bonchev–Trinajstić information content (AvgIpc) is 1.99. The lowest BCUT2D eigenvalue weighted by atomic mass is 9.69. The highest BCUT2D eigenvalue weighted by Crippen LogP contribution is 2.44. The van der Waals surface area contributed by atoms with Crippen molar-refractivity contribution >= 4 is 11.0 Å². The molecule has 2 atom stereocenters. The van der Waals surface area contributed by atoms with Crippen molar-refractivity contribution in [2.24, 2.45) is 5.41 Å². The Balaban J connectivity index is 1.91. The van der Waals surface area contributed by atoms with Crippen LogP contribution in [0.15, 0.2) is 0 Å². The molecule has 0 amide bonds. The predicted octanol–water partition coefficient (Wildman–Crippen LogP) is 0.517. The molecule has 0 aromatic heterocycles. The molecule has 2 aliphatic rings. The molecule has 2 rings (SSSR count). The lowest BCUT2D eigenvalue weighted by Crippen LogP contribution is -2.58. The van der Waals surface area contributed by atoms with Gasteiger partial charge in [-0.05, 0) is 19.3 Å². The van der Waals surface area contributed by atoms with E-state index < -0.39 is 11.0 Å². The number of aliphatic hydroxyl groups excluding tert-OH is 1. The summed E-state index contributed by atoms with van der Waals surface area (Å²) in [5, 5.41) is 9.54. The van der Waals surface area contributed by atoms with Gasteiger partial charge in [0.05, 0.1) is 17.1 Å². The van der Waals surface area contributed by atoms with Crippen LogP contribution >= 0.6 is 0 Å². The molecule has 0 radical (unpaired) electrons. The number of hydrogen-bond acceptors (Lipinski definition) is 2. The number of hydrogen-bond donors (Lipinski definition) is 1. The Kier molecular flexibility index (Phi) is 2.47. The third kappa shape index (κ3) is 1.80. The first kappa shape index (κ1) is 9.62. The summed E-state index contributed by atoms with van der Waals surface area (Å²) in [6.07, 6.45) is 5.83. The van der Waals surface area contributed by atoms with E-state index in [0.29, 0.717) is 5.41 Å². The Morgan fingerprint density at radius 2 is 2.23 bits per heavy atom. The minimum absolute atomic E-state index is 0.110. The Morgan fingerprint density at radius 1 is 1.54 bits per heavy atom. The molecule has 0 bridgehead atoms. The van der Waals surface area contributed by atoms with Crippen LogP contribution in [-0.2, 0) is 11.0 Å². The van der Waals surface area contributed by atoms with Gasteiger partial charge in [0.2, 0.25) is 0 Å². The van der Waals surface area contributed by atoms with Gasteiger partial charge in [-0.3, -0.25) is 0 Å². The van der Waals surface area contributed by atoms with E-state index in [1.54, 1.807) is 6.26 Å². The molecule has 0 aromatic rings. The smallest absolute Gasteiger partial charge is 0.0911 e. The number of nitrogens with zero attached hydrogens (tertiary/aromatic N) is 1. The molecule has 3 nitrogen and oxygen atoms in total. The first-order valence-electron chi connectivity index (χ1n) is 4.88. The molecule has 2 fully saturated rings. The van der Waals surface area contributed by atoms with Crippen molar-refractivity contribution in [1.29, 1.82) is 0 Å². The van der Waals surface area contributed by atoms with Crippen molar-refractivity contribution in [3.05, 3.63) is 0 Å². The standard InChI is InChI=1S/C9H17NO2S/c1-13(12)10-6-9(7-10)4-2-3-8(11)5-9/h8,11H,2-7H2,1H3. The van der Waals surface area contributed by atoms with E-state index in [1.165, 1.54) is 6.42 Å². The third-order valence-corrected chi connectivity index (χ3v) is 4.29. The Morgan fingerprint density at radius 3 is 2.77 bits per heavy atom. The first-order chi connectivity index (χ1) is 6.11. The van der Waals surface area contributed by atoms with Gasteiger partial charge in [-0.15, -0.1) is 0 Å². The molecule has 1 heterocycles. The second-order valence-electron chi connectivity index (χ2n) is 4.47. The molecule has 1 saturated heterocycles. The second-order valence-corrected chi connectivity index (χ2v) is 5.84. The molecule has 1 saturated carbocycles. The van der Waals surface area contributed by atoms with Gasteiger partial charge in [0.25, 0.3) is 0 Å². The Labute approximate surface area is 81.7 Å². The van der Waals surface area contributed by atoms with Gasteiger partial charge in [-0.25, -0.2) is 8.51 Å². The maximum Gasteiger partial charge on any atom is 0.0911 e. The maximum atomic E-state index is 11.1. The predicted molar refractivity (Wildman–Crippen MR) is 52.5 cm³/mol. The summed E-state index contributed by atoms with van der Waals surface area (Å²) in [7, 11) is -0.811. The molecule has 0 aromatic carbocycles. The van der Waals surface area contributed by atoms with Crippen molar-refractivity contribution in [2.75, 3.05) is 19.3 Å². The summed E-state index contributed by atoms with van der Waals surface area (Å²) < 4.78 is 13.1. The van der Waals surface area contributed by atoms with E-state index in [4.69, 9.17) is 0 Å². The van der Waals surface area contributed by atoms with Gasteiger partial charge < -0.3 is 5.11 Å². The molecule has 1 spiro atoms. The van der Waals surface area contributed by atoms with Crippen molar-refractivity contribution < 1.29 is 9.32 Å². The topological polar surface area (TPSA) is 40.5 Å². The highest BCUT2D eigenvalue weighted by Gasteiger charge is 2.46. The second kappa shape index (κ2) is 3.33. The zero-order valence-electron chi connectivity index (χ0n) is 8.03. The molecular formula is C9H17NO2S. The molecule has 1 aliphatic heterocycles. The summed E-state index contributed by atoms with van der Waals surface area (Å²) in [5.41, 5.74) is 0.309. The van der Waals surface area contributed by atoms with Crippen molar-refractivity contribution in [1.82, 2.24) is 4.31 Å². The monoisotopic (exact) mass is 203 g/mol. The normalized spacial score (nSPS) is 35.7. The van der Waals surface area contributed by atoms with Crippen LogP contribution in [0.2, 0.25) is 0 Å². The number of aliphatic hydroxyl groups is 1. The highest BCUT2D eigenvalue weighted by atomic mass is 32.2. The van der Waals surface area contributed by atoms with Crippen LogP contribution in [0.4, 0.5) is 0 Å². The molecular weight excluding hydrogens is 186 g/mol. The van der Waals surface area contributed by atoms with Crippen LogP contribution in [0.25, 0.3) is 0 Å². The summed E-state index contributed by atoms with van der Waals surface area (Å²) in [4.78, 5) is 0. The maximum absolute atomic E-state index is 11.1. The van der Waals surface area contributed by atoms with Crippen LogP contribution in [-0.4, -0.2) is 39.1 Å². The summed E-state index contributed by atoms with van der Waals surface area (Å²) in [6.45, 7) is 1.85. The molecule has 4 heteroatoms. The average molecular weight is 203 g/mol. The Hall–Kier alpha value is 0.0700.